The fraction of sp³-hybridized carbons (Fsp3) is 0.143. The summed E-state index contributed by atoms with van der Waals surface area (Å²) in [5.74, 6) is 0.729. The molecule has 0 radical (unpaired) electrons. The summed E-state index contributed by atoms with van der Waals surface area (Å²) in [6.07, 6.45) is 2.05. The maximum atomic E-state index is 5.86. The van der Waals surface area contributed by atoms with E-state index < -0.39 is 0 Å². The maximum absolute atomic E-state index is 5.86. The summed E-state index contributed by atoms with van der Waals surface area (Å²) in [6.45, 7) is 0.526. The molecule has 94 valence electrons. The van der Waals surface area contributed by atoms with E-state index in [1.165, 1.54) is 10.5 Å². The number of ether oxygens (including phenoxy) is 1. The van der Waals surface area contributed by atoms with E-state index in [1.54, 1.807) is 23.9 Å². The summed E-state index contributed by atoms with van der Waals surface area (Å²) in [4.78, 5) is 1.22. The monoisotopic (exact) mass is 279 g/mol. The lowest BCUT2D eigenvalue weighted by molar-refractivity contribution is 0.303. The van der Waals surface area contributed by atoms with Gasteiger partial charge in [0, 0.05) is 16.5 Å². The average molecular weight is 280 g/mol. The van der Waals surface area contributed by atoms with Gasteiger partial charge in [-0.25, -0.2) is 0 Å². The Hall–Kier alpha value is -1.32. The summed E-state index contributed by atoms with van der Waals surface area (Å²) in [6, 6.07) is 13.5. The Balaban J connectivity index is 2.09. The van der Waals surface area contributed by atoms with Crippen LogP contribution >= 0.6 is 23.4 Å². The normalized spacial score (nSPS) is 10.3. The third kappa shape index (κ3) is 3.12. The van der Waals surface area contributed by atoms with Crippen molar-refractivity contribution in [1.29, 1.82) is 0 Å². The van der Waals surface area contributed by atoms with Gasteiger partial charge in [0.2, 0.25) is 0 Å². The van der Waals surface area contributed by atoms with Gasteiger partial charge >= 0.3 is 0 Å². The topological polar surface area (TPSA) is 35.2 Å². The quantitative estimate of drug-likeness (QED) is 0.672. The molecule has 0 aromatic heterocycles. The number of hydrogen-bond donors (Lipinski definition) is 1. The minimum atomic E-state index is 0.526. The molecule has 0 spiro atoms. The first-order valence-electron chi connectivity index (χ1n) is 5.50. The van der Waals surface area contributed by atoms with Crippen LogP contribution in [0.25, 0.3) is 0 Å². The van der Waals surface area contributed by atoms with Crippen molar-refractivity contribution in [3.8, 4) is 5.75 Å². The van der Waals surface area contributed by atoms with E-state index in [0.717, 1.165) is 5.75 Å². The molecule has 0 unspecified atom stereocenters. The second-order valence-corrected chi connectivity index (χ2v) is 5.04. The van der Waals surface area contributed by atoms with E-state index in [9.17, 15) is 0 Å². The van der Waals surface area contributed by atoms with Crippen LogP contribution in [0.5, 0.6) is 5.75 Å². The van der Waals surface area contributed by atoms with Gasteiger partial charge in [-0.2, -0.15) is 0 Å². The third-order valence-electron chi connectivity index (χ3n) is 2.55. The van der Waals surface area contributed by atoms with Gasteiger partial charge in [0.05, 0.1) is 10.7 Å². The second-order valence-electron chi connectivity index (χ2n) is 3.78. The van der Waals surface area contributed by atoms with E-state index in [1.807, 2.05) is 18.2 Å². The highest BCUT2D eigenvalue weighted by molar-refractivity contribution is 7.98. The summed E-state index contributed by atoms with van der Waals surface area (Å²) >= 11 is 7.57. The third-order valence-corrected chi connectivity index (χ3v) is 3.74. The standard InChI is InChI=1S/C14H14ClNOS/c1-18-14-5-3-2-4-10(14)9-17-11-6-7-12(15)13(16)8-11/h2-8H,9,16H2,1H3. The number of rotatable bonds is 4. The Kier molecular flexibility index (Phi) is 4.39. The molecule has 2 aromatic rings. The number of benzene rings is 2. The zero-order chi connectivity index (χ0) is 13.0. The number of hydrogen-bond acceptors (Lipinski definition) is 3. The molecule has 0 aliphatic rings. The SMILES string of the molecule is CSc1ccccc1COc1ccc(Cl)c(N)c1. The van der Waals surface area contributed by atoms with Crippen molar-refractivity contribution in [1.82, 2.24) is 0 Å². The Morgan fingerprint density at radius 3 is 2.72 bits per heavy atom. The molecule has 2 nitrogen and oxygen atoms in total. The molecule has 2 aromatic carbocycles. The predicted molar refractivity (Wildman–Crippen MR) is 78.4 cm³/mol. The van der Waals surface area contributed by atoms with Crippen LogP contribution in [0.2, 0.25) is 5.02 Å². The lowest BCUT2D eigenvalue weighted by Gasteiger charge is -2.10. The summed E-state index contributed by atoms with van der Waals surface area (Å²) in [7, 11) is 0. The first kappa shape index (κ1) is 13.1. The predicted octanol–water partition coefficient (Wildman–Crippen LogP) is 4.22. The molecular weight excluding hydrogens is 266 g/mol. The van der Waals surface area contributed by atoms with Crippen LogP contribution in [-0.4, -0.2) is 6.26 Å². The Morgan fingerprint density at radius 1 is 1.22 bits per heavy atom. The highest BCUT2D eigenvalue weighted by Crippen LogP contribution is 2.26. The van der Waals surface area contributed by atoms with Gasteiger partial charge in [0.15, 0.2) is 0 Å². The van der Waals surface area contributed by atoms with Crippen molar-refractivity contribution in [2.75, 3.05) is 12.0 Å². The molecule has 0 aliphatic carbocycles. The van der Waals surface area contributed by atoms with E-state index in [0.29, 0.717) is 17.3 Å². The molecule has 0 fully saturated rings. The zero-order valence-corrected chi connectivity index (χ0v) is 11.6. The van der Waals surface area contributed by atoms with Crippen LogP contribution in [-0.2, 0) is 6.61 Å². The second kappa shape index (κ2) is 6.03. The summed E-state index contributed by atoms with van der Waals surface area (Å²) < 4.78 is 5.72. The molecule has 2 N–H and O–H groups in total. The van der Waals surface area contributed by atoms with E-state index >= 15 is 0 Å². The van der Waals surface area contributed by atoms with Crippen molar-refractivity contribution in [3.63, 3.8) is 0 Å². The molecular formula is C14H14ClNOS. The summed E-state index contributed by atoms with van der Waals surface area (Å²) in [5, 5.41) is 0.548. The lowest BCUT2D eigenvalue weighted by Crippen LogP contribution is -1.98. The van der Waals surface area contributed by atoms with Crippen molar-refractivity contribution < 1.29 is 4.74 Å². The fourth-order valence-corrected chi connectivity index (χ4v) is 2.32. The van der Waals surface area contributed by atoms with Crippen molar-refractivity contribution >= 4 is 29.1 Å². The molecule has 2 rings (SSSR count). The Labute approximate surface area is 116 Å². The van der Waals surface area contributed by atoms with E-state index in [4.69, 9.17) is 22.1 Å². The Morgan fingerprint density at radius 2 is 2.00 bits per heavy atom. The van der Waals surface area contributed by atoms with Gasteiger partial charge < -0.3 is 10.5 Å². The minimum absolute atomic E-state index is 0.526. The van der Waals surface area contributed by atoms with Crippen LogP contribution < -0.4 is 10.5 Å². The van der Waals surface area contributed by atoms with Gasteiger partial charge in [0.25, 0.3) is 0 Å². The Bertz CT molecular complexity index is 545. The van der Waals surface area contributed by atoms with Crippen LogP contribution in [0.3, 0.4) is 0 Å². The van der Waals surface area contributed by atoms with Crippen molar-refractivity contribution in [2.45, 2.75) is 11.5 Å². The van der Waals surface area contributed by atoms with Crippen LogP contribution in [0.15, 0.2) is 47.4 Å². The summed E-state index contributed by atoms with van der Waals surface area (Å²) in [5.41, 5.74) is 7.43. The fourth-order valence-electron chi connectivity index (χ4n) is 1.59. The molecule has 0 bridgehead atoms. The van der Waals surface area contributed by atoms with Gasteiger partial charge in [0.1, 0.15) is 12.4 Å². The molecule has 0 atom stereocenters. The molecule has 0 amide bonds. The number of nitrogen functional groups attached to an aromatic ring is 1. The van der Waals surface area contributed by atoms with Crippen LogP contribution in [0.1, 0.15) is 5.56 Å². The van der Waals surface area contributed by atoms with Crippen LogP contribution in [0, 0.1) is 0 Å². The van der Waals surface area contributed by atoms with E-state index in [2.05, 4.69) is 18.4 Å². The first-order chi connectivity index (χ1) is 8.70. The largest absolute Gasteiger partial charge is 0.489 e. The average Bonchev–Trinajstić information content (AvgIpc) is 2.40. The molecule has 0 aliphatic heterocycles. The smallest absolute Gasteiger partial charge is 0.121 e. The zero-order valence-electron chi connectivity index (χ0n) is 10.0. The first-order valence-corrected chi connectivity index (χ1v) is 7.10. The molecule has 18 heavy (non-hydrogen) atoms. The van der Waals surface area contributed by atoms with Crippen molar-refractivity contribution in [3.05, 3.63) is 53.1 Å². The highest BCUT2D eigenvalue weighted by atomic mass is 35.5. The minimum Gasteiger partial charge on any atom is -0.489 e. The van der Waals surface area contributed by atoms with Gasteiger partial charge in [-0.15, -0.1) is 11.8 Å². The van der Waals surface area contributed by atoms with Gasteiger partial charge in [-0.3, -0.25) is 0 Å². The van der Waals surface area contributed by atoms with Gasteiger partial charge in [-0.05, 0) is 24.5 Å². The number of anilines is 1. The maximum Gasteiger partial charge on any atom is 0.121 e. The number of thioether (sulfide) groups is 1. The number of halogens is 1. The molecule has 4 heteroatoms. The highest BCUT2D eigenvalue weighted by Gasteiger charge is 2.03. The number of nitrogens with two attached hydrogens (primary N) is 1. The molecule has 0 heterocycles. The molecule has 0 saturated carbocycles. The van der Waals surface area contributed by atoms with Gasteiger partial charge in [-0.1, -0.05) is 29.8 Å². The molecule has 0 saturated heterocycles. The van der Waals surface area contributed by atoms with E-state index in [-0.39, 0.29) is 0 Å². The van der Waals surface area contributed by atoms with Crippen LogP contribution in [0.4, 0.5) is 5.69 Å². The van der Waals surface area contributed by atoms with Crippen molar-refractivity contribution in [2.24, 2.45) is 0 Å². The lowest BCUT2D eigenvalue weighted by atomic mass is 10.2.